The quantitative estimate of drug-likeness (QED) is 0.775. The fourth-order valence-electron chi connectivity index (χ4n) is 2.23. The molecule has 0 spiro atoms. The molecule has 0 atom stereocenters. The third-order valence-electron chi connectivity index (χ3n) is 3.41. The van der Waals surface area contributed by atoms with Crippen molar-refractivity contribution in [3.8, 4) is 11.3 Å². The van der Waals surface area contributed by atoms with E-state index < -0.39 is 0 Å². The van der Waals surface area contributed by atoms with Gasteiger partial charge in [0.15, 0.2) is 0 Å². The van der Waals surface area contributed by atoms with Crippen LogP contribution in [0.1, 0.15) is 17.6 Å². The van der Waals surface area contributed by atoms with Gasteiger partial charge in [-0.3, -0.25) is 0 Å². The number of hydrogen-bond donors (Lipinski definition) is 1. The van der Waals surface area contributed by atoms with Crippen molar-refractivity contribution < 1.29 is 0 Å². The molecule has 3 aromatic rings. The molecule has 0 unspecified atom stereocenters. The van der Waals surface area contributed by atoms with Crippen molar-refractivity contribution in [3.63, 3.8) is 0 Å². The Kier molecular flexibility index (Phi) is 4.01. The molecule has 0 fully saturated rings. The average Bonchev–Trinajstić information content (AvgIpc) is 3.14. The molecule has 0 bridgehead atoms. The van der Waals surface area contributed by atoms with E-state index in [4.69, 9.17) is 0 Å². The maximum Gasteiger partial charge on any atom is 0.0948 e. The van der Waals surface area contributed by atoms with Crippen LogP contribution in [0.3, 0.4) is 0 Å². The number of rotatable bonds is 5. The van der Waals surface area contributed by atoms with Gasteiger partial charge >= 0.3 is 0 Å². The first-order valence-corrected chi connectivity index (χ1v) is 7.89. The highest BCUT2D eigenvalue weighted by Gasteiger charge is 2.03. The van der Waals surface area contributed by atoms with Crippen LogP contribution in [0.2, 0.25) is 0 Å². The van der Waals surface area contributed by atoms with Crippen LogP contribution in [0.15, 0.2) is 42.2 Å². The topological polar surface area (TPSA) is 42.7 Å². The van der Waals surface area contributed by atoms with E-state index in [-0.39, 0.29) is 0 Å². The molecule has 0 saturated carbocycles. The predicted octanol–water partition coefficient (Wildman–Crippen LogP) is 3.95. The molecule has 4 nitrogen and oxygen atoms in total. The van der Waals surface area contributed by atoms with Crippen molar-refractivity contribution in [1.29, 1.82) is 0 Å². The molecule has 0 saturated heterocycles. The lowest BCUT2D eigenvalue weighted by Gasteiger charge is -2.08. The zero-order valence-corrected chi connectivity index (χ0v) is 13.0. The fraction of sp³-hybridized carbons (Fsp3) is 0.250. The maximum absolute atomic E-state index is 4.51. The fourth-order valence-corrected chi connectivity index (χ4v) is 2.85. The summed E-state index contributed by atoms with van der Waals surface area (Å²) in [4.78, 5) is 8.68. The van der Waals surface area contributed by atoms with Gasteiger partial charge in [0, 0.05) is 29.4 Å². The normalized spacial score (nSPS) is 10.8. The van der Waals surface area contributed by atoms with E-state index in [0.717, 1.165) is 35.0 Å². The van der Waals surface area contributed by atoms with Gasteiger partial charge in [-0.15, -0.1) is 11.3 Å². The molecule has 2 heterocycles. The first-order valence-electron chi connectivity index (χ1n) is 7.01. The number of anilines is 1. The molecule has 0 aliphatic heterocycles. The summed E-state index contributed by atoms with van der Waals surface area (Å²) in [6.45, 7) is 5.87. The molecule has 0 aliphatic carbocycles. The second-order valence-electron chi connectivity index (χ2n) is 4.85. The Balaban J connectivity index is 1.67. The van der Waals surface area contributed by atoms with Crippen molar-refractivity contribution in [3.05, 3.63) is 52.9 Å². The molecule has 1 N–H and O–H groups in total. The number of thiazole rings is 1. The van der Waals surface area contributed by atoms with Crippen LogP contribution < -0.4 is 5.32 Å². The molecular weight excluding hydrogens is 280 g/mol. The minimum absolute atomic E-state index is 0.781. The largest absolute Gasteiger partial charge is 0.379 e. The van der Waals surface area contributed by atoms with Crippen molar-refractivity contribution >= 4 is 17.0 Å². The summed E-state index contributed by atoms with van der Waals surface area (Å²) < 4.78 is 2.14. The van der Waals surface area contributed by atoms with Crippen LogP contribution in [0, 0.1) is 6.92 Å². The number of aryl methyl sites for hydroxylation is 2. The van der Waals surface area contributed by atoms with Gasteiger partial charge in [0.25, 0.3) is 0 Å². The molecule has 108 valence electrons. The van der Waals surface area contributed by atoms with Crippen molar-refractivity contribution in [2.75, 3.05) is 5.32 Å². The molecule has 3 rings (SSSR count). The van der Waals surface area contributed by atoms with E-state index in [0.29, 0.717) is 0 Å². The number of nitrogens with one attached hydrogen (secondary N) is 1. The molecule has 21 heavy (non-hydrogen) atoms. The van der Waals surface area contributed by atoms with E-state index in [1.807, 2.05) is 19.4 Å². The Morgan fingerprint density at radius 3 is 2.71 bits per heavy atom. The van der Waals surface area contributed by atoms with Crippen molar-refractivity contribution in [2.45, 2.75) is 26.9 Å². The van der Waals surface area contributed by atoms with Gasteiger partial charge in [0.2, 0.25) is 0 Å². The van der Waals surface area contributed by atoms with Crippen molar-refractivity contribution in [1.82, 2.24) is 14.5 Å². The zero-order chi connectivity index (χ0) is 14.7. The molecular formula is C16H18N4S. The van der Waals surface area contributed by atoms with Crippen LogP contribution in [0.4, 0.5) is 5.69 Å². The first-order chi connectivity index (χ1) is 10.3. The van der Waals surface area contributed by atoms with Crippen molar-refractivity contribution in [2.24, 2.45) is 0 Å². The van der Waals surface area contributed by atoms with Crippen LogP contribution in [-0.2, 0) is 13.1 Å². The second kappa shape index (κ2) is 6.10. The van der Waals surface area contributed by atoms with E-state index in [1.54, 1.807) is 11.3 Å². The van der Waals surface area contributed by atoms with Crippen LogP contribution in [0.5, 0.6) is 0 Å². The van der Waals surface area contributed by atoms with Crippen LogP contribution >= 0.6 is 11.3 Å². The summed E-state index contributed by atoms with van der Waals surface area (Å²) in [6.07, 6.45) is 3.77. The standard InChI is InChI=1S/C16H18N4S/c1-3-20-11-17-8-15(20)9-18-14-6-4-13(5-7-14)16-10-21-12(2)19-16/h4-8,10-11,18H,3,9H2,1-2H3. The SMILES string of the molecule is CCn1cncc1CNc1ccc(-c2csc(C)n2)cc1. The number of benzene rings is 1. The maximum atomic E-state index is 4.51. The van der Waals surface area contributed by atoms with Gasteiger partial charge < -0.3 is 9.88 Å². The highest BCUT2D eigenvalue weighted by Crippen LogP contribution is 2.23. The Bertz CT molecular complexity index is 712. The summed E-state index contributed by atoms with van der Waals surface area (Å²) in [5.74, 6) is 0. The smallest absolute Gasteiger partial charge is 0.0948 e. The average molecular weight is 298 g/mol. The summed E-state index contributed by atoms with van der Waals surface area (Å²) >= 11 is 1.68. The lowest BCUT2D eigenvalue weighted by atomic mass is 10.1. The Morgan fingerprint density at radius 1 is 1.24 bits per heavy atom. The van der Waals surface area contributed by atoms with Gasteiger partial charge in [-0.2, -0.15) is 0 Å². The highest BCUT2D eigenvalue weighted by atomic mass is 32.1. The minimum atomic E-state index is 0.781. The van der Waals surface area contributed by atoms with Gasteiger partial charge in [-0.1, -0.05) is 12.1 Å². The first kappa shape index (κ1) is 13.8. The summed E-state index contributed by atoms with van der Waals surface area (Å²) in [5.41, 5.74) is 4.50. The number of aromatic nitrogens is 3. The third-order valence-corrected chi connectivity index (χ3v) is 4.19. The Labute approximate surface area is 128 Å². The second-order valence-corrected chi connectivity index (χ2v) is 5.92. The van der Waals surface area contributed by atoms with Crippen LogP contribution in [0.25, 0.3) is 11.3 Å². The van der Waals surface area contributed by atoms with E-state index in [1.165, 1.54) is 5.69 Å². The third kappa shape index (κ3) is 3.13. The zero-order valence-electron chi connectivity index (χ0n) is 12.2. The molecule has 0 aliphatic rings. The summed E-state index contributed by atoms with van der Waals surface area (Å²) in [7, 11) is 0. The van der Waals surface area contributed by atoms with E-state index in [2.05, 4.69) is 56.4 Å². The monoisotopic (exact) mass is 298 g/mol. The molecule has 0 radical (unpaired) electrons. The molecule has 1 aromatic carbocycles. The van der Waals surface area contributed by atoms with Gasteiger partial charge in [-0.25, -0.2) is 9.97 Å². The lowest BCUT2D eigenvalue weighted by Crippen LogP contribution is -2.05. The van der Waals surface area contributed by atoms with Crippen LogP contribution in [-0.4, -0.2) is 14.5 Å². The Morgan fingerprint density at radius 2 is 2.05 bits per heavy atom. The molecule has 2 aromatic heterocycles. The molecule has 5 heteroatoms. The summed E-state index contributed by atoms with van der Waals surface area (Å²) in [5, 5.41) is 6.62. The van der Waals surface area contributed by atoms with E-state index in [9.17, 15) is 0 Å². The predicted molar refractivity (Wildman–Crippen MR) is 87.5 cm³/mol. The van der Waals surface area contributed by atoms with Gasteiger partial charge in [0.1, 0.15) is 0 Å². The van der Waals surface area contributed by atoms with E-state index >= 15 is 0 Å². The Hall–Kier alpha value is -2.14. The number of imidazole rings is 1. The van der Waals surface area contributed by atoms with Gasteiger partial charge in [0.05, 0.1) is 29.3 Å². The number of hydrogen-bond acceptors (Lipinski definition) is 4. The highest BCUT2D eigenvalue weighted by molar-refractivity contribution is 7.09. The number of nitrogens with zero attached hydrogens (tertiary/aromatic N) is 3. The summed E-state index contributed by atoms with van der Waals surface area (Å²) in [6, 6.07) is 8.40. The minimum Gasteiger partial charge on any atom is -0.379 e. The lowest BCUT2D eigenvalue weighted by molar-refractivity contribution is 0.719. The molecule has 0 amide bonds. The van der Waals surface area contributed by atoms with Gasteiger partial charge in [-0.05, 0) is 26.0 Å².